The summed E-state index contributed by atoms with van der Waals surface area (Å²) in [5.41, 5.74) is 2.06. The number of methoxy groups -OCH3 is 1. The van der Waals surface area contributed by atoms with E-state index in [1.807, 2.05) is 44.2 Å². The lowest BCUT2D eigenvalue weighted by atomic mass is 9.84. The minimum Gasteiger partial charge on any atom is -0.469 e. The lowest BCUT2D eigenvalue weighted by molar-refractivity contribution is -0.147. The Balaban J connectivity index is 1.43. The first-order valence-electron chi connectivity index (χ1n) is 11.0. The van der Waals surface area contributed by atoms with Gasteiger partial charge in [-0.15, -0.1) is 0 Å². The second kappa shape index (κ2) is 9.20. The maximum absolute atomic E-state index is 15.3. The van der Waals surface area contributed by atoms with Crippen molar-refractivity contribution in [2.24, 2.45) is 5.92 Å². The van der Waals surface area contributed by atoms with Gasteiger partial charge in [-0.25, -0.2) is 4.39 Å². The molecule has 2 fully saturated rings. The Kier molecular flexibility index (Phi) is 6.71. The molecule has 7 heteroatoms. The highest BCUT2D eigenvalue weighted by Gasteiger charge is 2.37. The quantitative estimate of drug-likeness (QED) is 0.504. The number of carbonyl (C=O) groups is 1. The van der Waals surface area contributed by atoms with E-state index in [1.54, 1.807) is 6.07 Å². The third-order valence-electron chi connectivity index (χ3n) is 7.08. The van der Waals surface area contributed by atoms with Crippen LogP contribution in [0.4, 0.5) is 10.1 Å². The molecule has 0 unspecified atom stereocenters. The summed E-state index contributed by atoms with van der Waals surface area (Å²) < 4.78 is 20.2. The molecule has 0 aliphatic carbocycles. The first kappa shape index (κ1) is 23.3. The number of ether oxygens (including phenoxy) is 1. The van der Waals surface area contributed by atoms with Crippen molar-refractivity contribution in [1.82, 2.24) is 4.90 Å². The fourth-order valence-electron chi connectivity index (χ4n) is 4.96. The van der Waals surface area contributed by atoms with Gasteiger partial charge in [0.15, 0.2) is 0 Å². The van der Waals surface area contributed by atoms with Gasteiger partial charge < -0.3 is 9.64 Å². The molecular weight excluding hydrogens is 450 g/mol. The van der Waals surface area contributed by atoms with Gasteiger partial charge in [0, 0.05) is 30.1 Å². The summed E-state index contributed by atoms with van der Waals surface area (Å²) in [5, 5.41) is 1.27. The molecule has 2 heterocycles. The van der Waals surface area contributed by atoms with Crippen molar-refractivity contribution < 1.29 is 13.9 Å². The zero-order chi connectivity index (χ0) is 23.0. The number of carbonyl (C=O) groups excluding carboxylic acids is 1. The molecular formula is C25H29Cl2FN2O2. The lowest BCUT2D eigenvalue weighted by Gasteiger charge is -2.44. The van der Waals surface area contributed by atoms with E-state index < -0.39 is 5.54 Å². The maximum Gasteiger partial charge on any atom is 0.308 e. The van der Waals surface area contributed by atoms with Crippen LogP contribution in [-0.4, -0.2) is 44.2 Å². The fourth-order valence-corrected chi connectivity index (χ4v) is 5.59. The van der Waals surface area contributed by atoms with Gasteiger partial charge in [0.05, 0.1) is 28.8 Å². The number of piperidine rings is 1. The van der Waals surface area contributed by atoms with Crippen molar-refractivity contribution in [3.8, 4) is 0 Å². The number of likely N-dealkylation sites (tertiary alicyclic amines) is 1. The Morgan fingerprint density at radius 2 is 1.72 bits per heavy atom. The molecule has 0 spiro atoms. The number of benzene rings is 2. The zero-order valence-corrected chi connectivity index (χ0v) is 20.2. The van der Waals surface area contributed by atoms with E-state index in [1.165, 1.54) is 7.11 Å². The van der Waals surface area contributed by atoms with Crippen LogP contribution in [0, 0.1) is 11.7 Å². The van der Waals surface area contributed by atoms with Gasteiger partial charge in [-0.3, -0.25) is 9.69 Å². The van der Waals surface area contributed by atoms with E-state index in [9.17, 15) is 4.79 Å². The summed E-state index contributed by atoms with van der Waals surface area (Å²) in [6.45, 7) is 7.09. The van der Waals surface area contributed by atoms with Crippen molar-refractivity contribution in [1.29, 1.82) is 0 Å². The second-order valence-corrected chi connectivity index (χ2v) is 10.1. The minimum atomic E-state index is -0.458. The number of esters is 1. The number of para-hydroxylation sites is 1. The van der Waals surface area contributed by atoms with E-state index in [2.05, 4.69) is 9.80 Å². The first-order chi connectivity index (χ1) is 15.2. The molecule has 0 bridgehead atoms. The molecule has 4 rings (SSSR count). The number of rotatable bonds is 5. The van der Waals surface area contributed by atoms with Crippen LogP contribution in [0.3, 0.4) is 0 Å². The monoisotopic (exact) mass is 478 g/mol. The standard InChI is InChI=1S/C25H29Cl2FN2O2/c1-25(2,30-11-9-16(10-12-30)24(31)32-3)19-8-7-17(13-22(19)28)18-14-29(15-18)23-20(26)5-4-6-21(23)27/h4-8,13,16,18H,9-12,14-15H2,1-3H3. The predicted molar refractivity (Wildman–Crippen MR) is 127 cm³/mol. The third-order valence-corrected chi connectivity index (χ3v) is 7.69. The molecule has 2 aromatic rings. The summed E-state index contributed by atoms with van der Waals surface area (Å²) in [6.07, 6.45) is 1.47. The van der Waals surface area contributed by atoms with Crippen LogP contribution in [0.25, 0.3) is 0 Å². The van der Waals surface area contributed by atoms with Gasteiger partial charge in [-0.1, -0.05) is 41.4 Å². The Morgan fingerprint density at radius 3 is 2.28 bits per heavy atom. The molecule has 32 heavy (non-hydrogen) atoms. The van der Waals surface area contributed by atoms with Crippen LogP contribution >= 0.6 is 23.2 Å². The Hall–Kier alpha value is -1.82. The van der Waals surface area contributed by atoms with Crippen molar-refractivity contribution in [3.63, 3.8) is 0 Å². The average molecular weight is 479 g/mol. The van der Waals surface area contributed by atoms with Crippen LogP contribution in [-0.2, 0) is 15.1 Å². The van der Waals surface area contributed by atoms with Crippen LogP contribution < -0.4 is 4.90 Å². The fraction of sp³-hybridized carbons (Fsp3) is 0.480. The van der Waals surface area contributed by atoms with Gasteiger partial charge in [0.2, 0.25) is 0 Å². The Labute approximate surface area is 199 Å². The maximum atomic E-state index is 15.3. The molecule has 0 saturated carbocycles. The normalized spacial score (nSPS) is 18.5. The van der Waals surface area contributed by atoms with E-state index in [-0.39, 0.29) is 23.6 Å². The summed E-state index contributed by atoms with van der Waals surface area (Å²) in [7, 11) is 1.43. The topological polar surface area (TPSA) is 32.8 Å². The number of anilines is 1. The minimum absolute atomic E-state index is 0.0625. The lowest BCUT2D eigenvalue weighted by Crippen LogP contribution is -2.48. The molecule has 0 N–H and O–H groups in total. The van der Waals surface area contributed by atoms with Crippen LogP contribution in [0.1, 0.15) is 43.7 Å². The second-order valence-electron chi connectivity index (χ2n) is 9.25. The van der Waals surface area contributed by atoms with E-state index >= 15 is 4.39 Å². The summed E-state index contributed by atoms with van der Waals surface area (Å²) in [4.78, 5) is 16.2. The van der Waals surface area contributed by atoms with E-state index in [0.717, 1.165) is 50.3 Å². The molecule has 0 amide bonds. The van der Waals surface area contributed by atoms with Gasteiger partial charge >= 0.3 is 5.97 Å². The van der Waals surface area contributed by atoms with Gasteiger partial charge in [-0.05, 0) is 63.5 Å². The van der Waals surface area contributed by atoms with Crippen molar-refractivity contribution in [2.45, 2.75) is 38.1 Å². The molecule has 0 radical (unpaired) electrons. The van der Waals surface area contributed by atoms with E-state index in [4.69, 9.17) is 27.9 Å². The predicted octanol–water partition coefficient (Wildman–Crippen LogP) is 5.86. The Morgan fingerprint density at radius 1 is 1.09 bits per heavy atom. The number of nitrogens with zero attached hydrogens (tertiary/aromatic N) is 2. The third kappa shape index (κ3) is 4.35. The molecule has 0 atom stereocenters. The number of hydrogen-bond acceptors (Lipinski definition) is 4. The molecule has 4 nitrogen and oxygen atoms in total. The largest absolute Gasteiger partial charge is 0.469 e. The van der Waals surface area contributed by atoms with E-state index in [0.29, 0.717) is 15.6 Å². The SMILES string of the molecule is COC(=O)C1CCN(C(C)(C)c2ccc(C3CN(c4c(Cl)cccc4Cl)C3)cc2F)CC1. The van der Waals surface area contributed by atoms with Crippen LogP contribution in [0.5, 0.6) is 0 Å². The molecule has 2 aliphatic rings. The Bertz CT molecular complexity index is 979. The van der Waals surface area contributed by atoms with Crippen LogP contribution in [0.15, 0.2) is 36.4 Å². The smallest absolute Gasteiger partial charge is 0.308 e. The van der Waals surface area contributed by atoms with Crippen LogP contribution in [0.2, 0.25) is 10.0 Å². The molecule has 2 aromatic carbocycles. The number of halogens is 3. The van der Waals surface area contributed by atoms with Crippen molar-refractivity contribution in [3.05, 3.63) is 63.4 Å². The zero-order valence-electron chi connectivity index (χ0n) is 18.7. The van der Waals surface area contributed by atoms with Crippen molar-refractivity contribution in [2.75, 3.05) is 38.2 Å². The first-order valence-corrected chi connectivity index (χ1v) is 11.8. The summed E-state index contributed by atoms with van der Waals surface area (Å²) in [6, 6.07) is 11.1. The summed E-state index contributed by atoms with van der Waals surface area (Å²) in [5.74, 6) is -0.153. The molecule has 172 valence electrons. The average Bonchev–Trinajstić information content (AvgIpc) is 2.74. The van der Waals surface area contributed by atoms with Crippen molar-refractivity contribution >= 4 is 34.9 Å². The molecule has 0 aromatic heterocycles. The van der Waals surface area contributed by atoms with Gasteiger partial charge in [0.25, 0.3) is 0 Å². The molecule has 2 aliphatic heterocycles. The highest BCUT2D eigenvalue weighted by Crippen LogP contribution is 2.41. The van der Waals surface area contributed by atoms with Gasteiger partial charge in [0.1, 0.15) is 5.82 Å². The summed E-state index contributed by atoms with van der Waals surface area (Å²) >= 11 is 12.6. The number of hydrogen-bond donors (Lipinski definition) is 0. The van der Waals surface area contributed by atoms with Gasteiger partial charge in [-0.2, -0.15) is 0 Å². The highest BCUT2D eigenvalue weighted by molar-refractivity contribution is 6.39. The molecule has 2 saturated heterocycles. The highest BCUT2D eigenvalue weighted by atomic mass is 35.5.